The number of amides is 1. The fourth-order valence-electron chi connectivity index (χ4n) is 1.62. The summed E-state index contributed by atoms with van der Waals surface area (Å²) < 4.78 is 38.3. The fourth-order valence-corrected chi connectivity index (χ4v) is 2.11. The smallest absolute Gasteiger partial charge is 0.384 e. The number of hydrogen-bond donors (Lipinski definition) is 2. The van der Waals surface area contributed by atoms with Gasteiger partial charge in [0.1, 0.15) is 5.82 Å². The minimum Gasteiger partial charge on any atom is -0.384 e. The first-order valence-corrected chi connectivity index (χ1v) is 6.45. The van der Waals surface area contributed by atoms with E-state index < -0.39 is 17.6 Å². The van der Waals surface area contributed by atoms with Crippen molar-refractivity contribution < 1.29 is 18.0 Å². The summed E-state index contributed by atoms with van der Waals surface area (Å²) in [7, 11) is 0. The Labute approximate surface area is 126 Å². The summed E-state index contributed by atoms with van der Waals surface area (Å²) in [5.74, 6) is -0.428. The number of carbonyl (C=O) groups excluding carboxylic acids is 1. The number of rotatable bonds is 2. The monoisotopic (exact) mass is 359 g/mol. The molecule has 0 aliphatic carbocycles. The van der Waals surface area contributed by atoms with Gasteiger partial charge in [-0.1, -0.05) is 15.9 Å². The molecular weight excluding hydrogens is 351 g/mol. The number of pyridine rings is 1. The summed E-state index contributed by atoms with van der Waals surface area (Å²) in [6.07, 6.45) is -3.16. The van der Waals surface area contributed by atoms with E-state index in [0.29, 0.717) is 0 Å². The van der Waals surface area contributed by atoms with Crippen molar-refractivity contribution in [3.05, 3.63) is 52.1 Å². The highest BCUT2D eigenvalue weighted by Crippen LogP contribution is 2.33. The summed E-state index contributed by atoms with van der Waals surface area (Å²) in [5, 5.41) is 2.39. The van der Waals surface area contributed by atoms with Crippen LogP contribution in [0.2, 0.25) is 0 Å². The van der Waals surface area contributed by atoms with Gasteiger partial charge in [0.05, 0.1) is 5.56 Å². The molecule has 0 aliphatic rings. The maximum atomic E-state index is 12.7. The third kappa shape index (κ3) is 3.94. The summed E-state index contributed by atoms with van der Waals surface area (Å²) >= 11 is 2.98. The van der Waals surface area contributed by atoms with E-state index in [2.05, 4.69) is 26.2 Å². The first-order valence-electron chi connectivity index (χ1n) is 5.66. The lowest BCUT2D eigenvalue weighted by Gasteiger charge is -2.11. The van der Waals surface area contributed by atoms with E-state index in [1.54, 1.807) is 0 Å². The number of alkyl halides is 3. The van der Waals surface area contributed by atoms with E-state index in [9.17, 15) is 18.0 Å². The van der Waals surface area contributed by atoms with Crippen LogP contribution in [0.1, 0.15) is 15.9 Å². The molecule has 1 aromatic carbocycles. The fraction of sp³-hybridized carbons (Fsp3) is 0.0769. The van der Waals surface area contributed by atoms with Crippen LogP contribution in [0.15, 0.2) is 41.0 Å². The van der Waals surface area contributed by atoms with Gasteiger partial charge in [-0.2, -0.15) is 13.2 Å². The first kappa shape index (κ1) is 15.3. The van der Waals surface area contributed by atoms with E-state index in [-0.39, 0.29) is 21.5 Å². The molecule has 1 aromatic heterocycles. The highest BCUT2D eigenvalue weighted by molar-refractivity contribution is 9.10. The van der Waals surface area contributed by atoms with Crippen LogP contribution in [0, 0.1) is 0 Å². The Morgan fingerprint density at radius 2 is 1.95 bits per heavy atom. The topological polar surface area (TPSA) is 68.0 Å². The molecule has 1 amide bonds. The van der Waals surface area contributed by atoms with Gasteiger partial charge < -0.3 is 11.1 Å². The molecule has 0 spiro atoms. The highest BCUT2D eigenvalue weighted by atomic mass is 79.9. The molecule has 0 unspecified atom stereocenters. The maximum absolute atomic E-state index is 12.7. The summed E-state index contributed by atoms with van der Waals surface area (Å²) in [6, 6.07) is 5.90. The highest BCUT2D eigenvalue weighted by Gasteiger charge is 2.31. The van der Waals surface area contributed by atoms with Crippen LogP contribution in [-0.2, 0) is 6.18 Å². The summed E-state index contributed by atoms with van der Waals surface area (Å²) in [4.78, 5) is 15.7. The lowest BCUT2D eigenvalue weighted by molar-refractivity contribution is -0.137. The average molecular weight is 360 g/mol. The van der Waals surface area contributed by atoms with Crippen LogP contribution in [-0.4, -0.2) is 10.9 Å². The van der Waals surface area contributed by atoms with Gasteiger partial charge >= 0.3 is 6.18 Å². The summed E-state index contributed by atoms with van der Waals surface area (Å²) in [6.45, 7) is 0. The minimum absolute atomic E-state index is 0.0251. The third-order valence-corrected chi connectivity index (χ3v) is 2.98. The van der Waals surface area contributed by atoms with Crippen molar-refractivity contribution in [2.75, 3.05) is 11.1 Å². The van der Waals surface area contributed by atoms with Gasteiger partial charge in [0.2, 0.25) is 0 Å². The lowest BCUT2D eigenvalue weighted by Crippen LogP contribution is -2.13. The second kappa shape index (κ2) is 5.72. The Hall–Kier alpha value is -2.09. The van der Waals surface area contributed by atoms with Gasteiger partial charge in [-0.3, -0.25) is 4.79 Å². The largest absolute Gasteiger partial charge is 0.416 e. The predicted octanol–water partition coefficient (Wildman–Crippen LogP) is 3.70. The van der Waals surface area contributed by atoms with Crippen LogP contribution in [0.4, 0.5) is 24.7 Å². The van der Waals surface area contributed by atoms with Crippen molar-refractivity contribution in [3.63, 3.8) is 0 Å². The molecule has 3 N–H and O–H groups in total. The molecular formula is C13H9BrF3N3O. The SMILES string of the molecule is Nc1cc(C(=O)Nc2cc(Br)cc(C(F)(F)F)c2)ccn1. The van der Waals surface area contributed by atoms with Gasteiger partial charge in [0.15, 0.2) is 0 Å². The number of anilines is 2. The maximum Gasteiger partial charge on any atom is 0.416 e. The first-order chi connectivity index (χ1) is 9.75. The Bertz CT molecular complexity index is 689. The second-order valence-electron chi connectivity index (χ2n) is 4.15. The molecule has 110 valence electrons. The Morgan fingerprint density at radius 1 is 1.24 bits per heavy atom. The van der Waals surface area contributed by atoms with Crippen LogP contribution in [0.5, 0.6) is 0 Å². The van der Waals surface area contributed by atoms with Gasteiger partial charge in [-0.25, -0.2) is 4.98 Å². The number of nitrogens with one attached hydrogen (secondary N) is 1. The quantitative estimate of drug-likeness (QED) is 0.858. The van der Waals surface area contributed by atoms with Crippen molar-refractivity contribution >= 4 is 33.3 Å². The zero-order chi connectivity index (χ0) is 15.6. The molecule has 0 bridgehead atoms. The van der Waals surface area contributed by atoms with Crippen LogP contribution >= 0.6 is 15.9 Å². The second-order valence-corrected chi connectivity index (χ2v) is 5.07. The van der Waals surface area contributed by atoms with Crippen molar-refractivity contribution in [2.24, 2.45) is 0 Å². The Balaban J connectivity index is 2.27. The molecule has 4 nitrogen and oxygen atoms in total. The lowest BCUT2D eigenvalue weighted by atomic mass is 10.2. The molecule has 2 aromatic rings. The van der Waals surface area contributed by atoms with Crippen LogP contribution in [0.3, 0.4) is 0 Å². The average Bonchev–Trinajstić information content (AvgIpc) is 2.37. The third-order valence-electron chi connectivity index (χ3n) is 2.53. The molecule has 21 heavy (non-hydrogen) atoms. The van der Waals surface area contributed by atoms with E-state index in [0.717, 1.165) is 12.1 Å². The minimum atomic E-state index is -4.50. The number of aromatic nitrogens is 1. The van der Waals surface area contributed by atoms with Crippen LogP contribution < -0.4 is 11.1 Å². The number of nitrogens with two attached hydrogens (primary N) is 1. The molecule has 0 atom stereocenters. The van der Waals surface area contributed by atoms with Gasteiger partial charge in [0, 0.05) is 21.9 Å². The number of halogens is 4. The molecule has 0 radical (unpaired) electrons. The van der Waals surface area contributed by atoms with Crippen LogP contribution in [0.25, 0.3) is 0 Å². The van der Waals surface area contributed by atoms with Crippen molar-refractivity contribution in [1.29, 1.82) is 0 Å². The number of benzene rings is 1. The molecule has 0 fully saturated rings. The molecule has 8 heteroatoms. The number of nitrogens with zero attached hydrogens (tertiary/aromatic N) is 1. The van der Waals surface area contributed by atoms with E-state index >= 15 is 0 Å². The number of carbonyl (C=O) groups is 1. The molecule has 0 saturated heterocycles. The van der Waals surface area contributed by atoms with Gasteiger partial charge in [-0.15, -0.1) is 0 Å². The normalized spacial score (nSPS) is 11.2. The van der Waals surface area contributed by atoms with E-state index in [4.69, 9.17) is 5.73 Å². The van der Waals surface area contributed by atoms with E-state index in [1.807, 2.05) is 0 Å². The molecule has 2 rings (SSSR count). The number of hydrogen-bond acceptors (Lipinski definition) is 3. The summed E-state index contributed by atoms with van der Waals surface area (Å²) in [5.41, 5.74) is 4.82. The Morgan fingerprint density at radius 3 is 2.57 bits per heavy atom. The van der Waals surface area contributed by atoms with Crippen molar-refractivity contribution in [3.8, 4) is 0 Å². The predicted molar refractivity (Wildman–Crippen MR) is 75.7 cm³/mol. The molecule has 1 heterocycles. The standard InChI is InChI=1S/C13H9BrF3N3O/c14-9-4-8(13(15,16)17)5-10(6-9)20-12(21)7-1-2-19-11(18)3-7/h1-6H,(H2,18,19)(H,20,21). The van der Waals surface area contributed by atoms with Gasteiger partial charge in [-0.05, 0) is 30.3 Å². The zero-order valence-electron chi connectivity index (χ0n) is 10.4. The van der Waals surface area contributed by atoms with Crippen molar-refractivity contribution in [1.82, 2.24) is 4.98 Å². The zero-order valence-corrected chi connectivity index (χ0v) is 12.0. The van der Waals surface area contributed by atoms with Gasteiger partial charge in [0.25, 0.3) is 5.91 Å². The van der Waals surface area contributed by atoms with Crippen molar-refractivity contribution in [2.45, 2.75) is 6.18 Å². The molecule has 0 saturated carbocycles. The Kier molecular flexibility index (Phi) is 4.17. The molecule has 0 aliphatic heterocycles. The van der Waals surface area contributed by atoms with E-state index in [1.165, 1.54) is 24.4 Å². The number of nitrogen functional groups attached to an aromatic ring is 1.